The van der Waals surface area contributed by atoms with E-state index < -0.39 is 0 Å². The molecule has 3 nitrogen and oxygen atoms in total. The van der Waals surface area contributed by atoms with Crippen molar-refractivity contribution in [3.8, 4) is 23.1 Å². The highest BCUT2D eigenvalue weighted by Gasteiger charge is 2.23. The molecule has 1 aliphatic rings. The summed E-state index contributed by atoms with van der Waals surface area (Å²) in [7, 11) is 1.60. The maximum absolute atomic E-state index is 9.03. The zero-order chi connectivity index (χ0) is 13.2. The Labute approximate surface area is 112 Å². The van der Waals surface area contributed by atoms with Crippen molar-refractivity contribution in [1.82, 2.24) is 4.98 Å². The van der Waals surface area contributed by atoms with Crippen LogP contribution in [0.2, 0.25) is 0 Å². The summed E-state index contributed by atoms with van der Waals surface area (Å²) in [6.45, 7) is 0. The summed E-state index contributed by atoms with van der Waals surface area (Å²) in [5.41, 5.74) is 3.69. The largest absolute Gasteiger partial charge is 0.497 e. The van der Waals surface area contributed by atoms with Gasteiger partial charge in [-0.25, -0.2) is 0 Å². The molecule has 0 aliphatic heterocycles. The Hall–Kier alpha value is -2.34. The van der Waals surface area contributed by atoms with Gasteiger partial charge in [0.1, 0.15) is 5.75 Å². The van der Waals surface area contributed by atoms with Gasteiger partial charge in [0.05, 0.1) is 24.4 Å². The van der Waals surface area contributed by atoms with Crippen LogP contribution in [0.1, 0.15) is 29.9 Å². The van der Waals surface area contributed by atoms with Crippen molar-refractivity contribution in [2.24, 2.45) is 0 Å². The van der Waals surface area contributed by atoms with E-state index in [2.05, 4.69) is 17.1 Å². The molecule has 1 aromatic carbocycles. The van der Waals surface area contributed by atoms with Crippen molar-refractivity contribution in [3.63, 3.8) is 0 Å². The maximum atomic E-state index is 9.03. The van der Waals surface area contributed by atoms with Crippen molar-refractivity contribution in [3.05, 3.63) is 47.7 Å². The first-order valence-electron chi connectivity index (χ1n) is 6.35. The average Bonchev–Trinajstić information content (AvgIpc) is 3.31. The summed E-state index contributed by atoms with van der Waals surface area (Å²) in [4.78, 5) is 4.50. The van der Waals surface area contributed by atoms with Crippen LogP contribution >= 0.6 is 0 Å². The molecular weight excluding hydrogens is 236 g/mol. The Kier molecular flexibility index (Phi) is 2.92. The van der Waals surface area contributed by atoms with E-state index in [1.54, 1.807) is 13.2 Å². The molecule has 1 saturated carbocycles. The minimum absolute atomic E-state index is 0.586. The van der Waals surface area contributed by atoms with Gasteiger partial charge in [0.25, 0.3) is 0 Å². The Morgan fingerprint density at radius 1 is 1.26 bits per heavy atom. The molecule has 2 aromatic rings. The second-order valence-electron chi connectivity index (χ2n) is 4.81. The van der Waals surface area contributed by atoms with Gasteiger partial charge in [-0.2, -0.15) is 5.26 Å². The van der Waals surface area contributed by atoms with Gasteiger partial charge in [-0.1, -0.05) is 6.07 Å². The van der Waals surface area contributed by atoms with Gasteiger partial charge >= 0.3 is 0 Å². The van der Waals surface area contributed by atoms with Crippen LogP contribution in [0.15, 0.2) is 36.5 Å². The molecular formula is C16H14N2O. The molecule has 0 N–H and O–H groups in total. The third-order valence-corrected chi connectivity index (χ3v) is 3.40. The highest BCUT2D eigenvalue weighted by molar-refractivity contribution is 5.64. The first-order chi connectivity index (χ1) is 9.30. The van der Waals surface area contributed by atoms with Gasteiger partial charge in [-0.15, -0.1) is 0 Å². The Morgan fingerprint density at radius 2 is 2.11 bits per heavy atom. The quantitative estimate of drug-likeness (QED) is 0.837. The van der Waals surface area contributed by atoms with Gasteiger partial charge in [0.2, 0.25) is 0 Å². The van der Waals surface area contributed by atoms with E-state index in [1.165, 1.54) is 18.4 Å². The van der Waals surface area contributed by atoms with Crippen LogP contribution in [0, 0.1) is 11.3 Å². The highest BCUT2D eigenvalue weighted by atomic mass is 16.5. The lowest BCUT2D eigenvalue weighted by Crippen LogP contribution is -1.90. The van der Waals surface area contributed by atoms with Crippen molar-refractivity contribution in [1.29, 1.82) is 5.26 Å². The van der Waals surface area contributed by atoms with Crippen LogP contribution in [0.5, 0.6) is 5.75 Å². The fourth-order valence-corrected chi connectivity index (χ4v) is 2.16. The highest BCUT2D eigenvalue weighted by Crippen LogP contribution is 2.40. The number of aromatic nitrogens is 1. The Balaban J connectivity index is 1.98. The number of nitrogens with zero attached hydrogens (tertiary/aromatic N) is 2. The van der Waals surface area contributed by atoms with Gasteiger partial charge in [-0.05, 0) is 48.6 Å². The second-order valence-corrected chi connectivity index (χ2v) is 4.81. The molecule has 0 saturated heterocycles. The molecule has 0 atom stereocenters. The van der Waals surface area contributed by atoms with Crippen LogP contribution in [0.25, 0.3) is 11.3 Å². The van der Waals surface area contributed by atoms with Crippen LogP contribution in [-0.4, -0.2) is 12.1 Å². The van der Waals surface area contributed by atoms with E-state index in [4.69, 9.17) is 10.00 Å². The molecule has 1 heterocycles. The summed E-state index contributed by atoms with van der Waals surface area (Å²) in [5.74, 6) is 1.39. The number of hydrogen-bond acceptors (Lipinski definition) is 3. The number of hydrogen-bond donors (Lipinski definition) is 0. The maximum Gasteiger partial charge on any atom is 0.120 e. The SMILES string of the molecule is COc1cc(C#N)cc(-c2ccc(C3CC3)cn2)c1. The van der Waals surface area contributed by atoms with Crippen LogP contribution in [-0.2, 0) is 0 Å². The zero-order valence-corrected chi connectivity index (χ0v) is 10.8. The average molecular weight is 250 g/mol. The number of pyridine rings is 1. The number of methoxy groups -OCH3 is 1. The smallest absolute Gasteiger partial charge is 0.120 e. The van der Waals surface area contributed by atoms with E-state index in [0.29, 0.717) is 17.2 Å². The van der Waals surface area contributed by atoms with Crippen LogP contribution in [0.3, 0.4) is 0 Å². The summed E-state index contributed by atoms with van der Waals surface area (Å²) < 4.78 is 5.21. The van der Waals surface area contributed by atoms with E-state index in [0.717, 1.165) is 11.3 Å². The molecule has 3 rings (SSSR count). The molecule has 1 aromatic heterocycles. The second kappa shape index (κ2) is 4.74. The third-order valence-electron chi connectivity index (χ3n) is 3.40. The fourth-order valence-electron chi connectivity index (χ4n) is 2.16. The molecule has 1 fully saturated rings. The lowest BCUT2D eigenvalue weighted by atomic mass is 10.1. The molecule has 0 bridgehead atoms. The summed E-state index contributed by atoms with van der Waals surface area (Å²) in [6.07, 6.45) is 4.50. The summed E-state index contributed by atoms with van der Waals surface area (Å²) >= 11 is 0. The topological polar surface area (TPSA) is 45.9 Å². The fraction of sp³-hybridized carbons (Fsp3) is 0.250. The number of rotatable bonds is 3. The summed E-state index contributed by atoms with van der Waals surface area (Å²) in [6, 6.07) is 11.8. The molecule has 0 unspecified atom stereocenters. The van der Waals surface area contributed by atoms with Gasteiger partial charge < -0.3 is 4.74 Å². The standard InChI is InChI=1S/C16H14N2O/c1-19-15-7-11(9-17)6-14(8-15)16-5-4-13(10-18-16)12-2-3-12/h4-8,10,12H,2-3H2,1H3. The van der Waals surface area contributed by atoms with Crippen molar-refractivity contribution in [2.45, 2.75) is 18.8 Å². The number of nitriles is 1. The van der Waals surface area contributed by atoms with E-state index in [1.807, 2.05) is 24.4 Å². The van der Waals surface area contributed by atoms with E-state index in [9.17, 15) is 0 Å². The minimum Gasteiger partial charge on any atom is -0.497 e. The predicted molar refractivity (Wildman–Crippen MR) is 72.9 cm³/mol. The normalized spacial score (nSPS) is 13.9. The van der Waals surface area contributed by atoms with Crippen LogP contribution in [0.4, 0.5) is 0 Å². The van der Waals surface area contributed by atoms with Gasteiger partial charge in [0.15, 0.2) is 0 Å². The number of ether oxygens (including phenoxy) is 1. The lowest BCUT2D eigenvalue weighted by Gasteiger charge is -2.06. The molecule has 0 spiro atoms. The number of benzene rings is 1. The predicted octanol–water partition coefficient (Wildman–Crippen LogP) is 3.51. The molecule has 0 radical (unpaired) electrons. The van der Waals surface area contributed by atoms with Crippen molar-refractivity contribution in [2.75, 3.05) is 7.11 Å². The Bertz CT molecular complexity index is 637. The molecule has 0 amide bonds. The first-order valence-corrected chi connectivity index (χ1v) is 6.35. The van der Waals surface area contributed by atoms with E-state index in [-0.39, 0.29) is 0 Å². The molecule has 1 aliphatic carbocycles. The minimum atomic E-state index is 0.586. The molecule has 94 valence electrons. The lowest BCUT2D eigenvalue weighted by molar-refractivity contribution is 0.415. The third kappa shape index (κ3) is 2.43. The van der Waals surface area contributed by atoms with Crippen molar-refractivity contribution >= 4 is 0 Å². The van der Waals surface area contributed by atoms with E-state index >= 15 is 0 Å². The zero-order valence-electron chi connectivity index (χ0n) is 10.8. The van der Waals surface area contributed by atoms with Gasteiger partial charge in [0, 0.05) is 11.8 Å². The summed E-state index contributed by atoms with van der Waals surface area (Å²) in [5, 5.41) is 9.03. The molecule has 19 heavy (non-hydrogen) atoms. The van der Waals surface area contributed by atoms with Gasteiger partial charge in [-0.3, -0.25) is 4.98 Å². The van der Waals surface area contributed by atoms with Crippen molar-refractivity contribution < 1.29 is 4.74 Å². The molecule has 3 heteroatoms. The monoisotopic (exact) mass is 250 g/mol. The first kappa shape index (κ1) is 11.7. The van der Waals surface area contributed by atoms with Crippen LogP contribution < -0.4 is 4.74 Å². The Morgan fingerprint density at radius 3 is 2.68 bits per heavy atom.